The van der Waals surface area contributed by atoms with E-state index in [1.165, 1.54) is 11.3 Å². The van der Waals surface area contributed by atoms with Crippen LogP contribution in [0, 0.1) is 6.92 Å². The summed E-state index contributed by atoms with van der Waals surface area (Å²) in [5, 5.41) is 3.30. The highest BCUT2D eigenvalue weighted by atomic mass is 35.5. The van der Waals surface area contributed by atoms with Crippen LogP contribution in [0.5, 0.6) is 0 Å². The third-order valence-corrected chi connectivity index (χ3v) is 3.80. The number of carbonyl (C=O) groups excluding carboxylic acids is 1. The number of nitrogens with zero attached hydrogens (tertiary/aromatic N) is 1. The van der Waals surface area contributed by atoms with Crippen molar-refractivity contribution in [3.8, 4) is 0 Å². The van der Waals surface area contributed by atoms with Gasteiger partial charge in [0.15, 0.2) is 5.13 Å². The van der Waals surface area contributed by atoms with Crippen LogP contribution in [0.15, 0.2) is 12.1 Å². The second-order valence-electron chi connectivity index (χ2n) is 3.69. The lowest BCUT2D eigenvalue weighted by Gasteiger charge is -2.01. The molecule has 1 aromatic heterocycles. The van der Waals surface area contributed by atoms with Gasteiger partial charge >= 0.3 is 0 Å². The van der Waals surface area contributed by atoms with Gasteiger partial charge in [0.2, 0.25) is 5.91 Å². The van der Waals surface area contributed by atoms with E-state index in [1.54, 1.807) is 13.0 Å². The molecule has 1 heterocycles. The second kappa shape index (κ2) is 4.80. The third-order valence-electron chi connectivity index (χ3n) is 2.26. The van der Waals surface area contributed by atoms with Gasteiger partial charge in [-0.3, -0.25) is 4.79 Å². The molecule has 0 aliphatic heterocycles. The highest BCUT2D eigenvalue weighted by molar-refractivity contribution is 7.22. The van der Waals surface area contributed by atoms with E-state index in [1.807, 2.05) is 13.0 Å². The number of fused-ring (bicyclic) bond motifs is 1. The van der Waals surface area contributed by atoms with E-state index >= 15 is 0 Å². The number of hydrogen-bond acceptors (Lipinski definition) is 3. The maximum atomic E-state index is 11.4. The fourth-order valence-electron chi connectivity index (χ4n) is 1.31. The first kappa shape index (κ1) is 12.6. The van der Waals surface area contributed by atoms with Crippen molar-refractivity contribution < 1.29 is 4.79 Å². The molecule has 0 saturated carbocycles. The van der Waals surface area contributed by atoms with Gasteiger partial charge in [-0.05, 0) is 31.5 Å². The normalized spacial score (nSPS) is 12.7. The Hall–Kier alpha value is -0.840. The Morgan fingerprint density at radius 3 is 2.88 bits per heavy atom. The first-order valence-corrected chi connectivity index (χ1v) is 6.62. The second-order valence-corrected chi connectivity index (χ2v) is 5.79. The molecule has 17 heavy (non-hydrogen) atoms. The van der Waals surface area contributed by atoms with Crippen LogP contribution in [0.1, 0.15) is 12.5 Å². The molecule has 0 saturated heterocycles. The monoisotopic (exact) mass is 288 g/mol. The number of carbonyl (C=O) groups is 1. The number of halogens is 2. The number of aryl methyl sites for hydroxylation is 1. The van der Waals surface area contributed by atoms with Crippen LogP contribution in [-0.4, -0.2) is 16.3 Å². The summed E-state index contributed by atoms with van der Waals surface area (Å²) >= 11 is 13.1. The molecule has 1 amide bonds. The minimum absolute atomic E-state index is 0.256. The topological polar surface area (TPSA) is 42.0 Å². The van der Waals surface area contributed by atoms with Gasteiger partial charge in [0.05, 0.1) is 10.2 Å². The lowest BCUT2D eigenvalue weighted by molar-refractivity contribution is -0.115. The molecule has 0 aliphatic rings. The Morgan fingerprint density at radius 1 is 1.53 bits per heavy atom. The van der Waals surface area contributed by atoms with E-state index in [0.717, 1.165) is 15.8 Å². The van der Waals surface area contributed by atoms with Gasteiger partial charge in [-0.15, -0.1) is 11.6 Å². The van der Waals surface area contributed by atoms with Crippen molar-refractivity contribution in [3.63, 3.8) is 0 Å². The first-order valence-electron chi connectivity index (χ1n) is 4.99. The van der Waals surface area contributed by atoms with Crippen molar-refractivity contribution in [1.29, 1.82) is 0 Å². The lowest BCUT2D eigenvalue weighted by atomic mass is 10.2. The summed E-state index contributed by atoms with van der Waals surface area (Å²) in [6.07, 6.45) is 0. The number of hydrogen-bond donors (Lipinski definition) is 1. The van der Waals surface area contributed by atoms with Crippen LogP contribution in [0.2, 0.25) is 5.02 Å². The molecule has 6 heteroatoms. The molecule has 3 nitrogen and oxygen atoms in total. The van der Waals surface area contributed by atoms with Gasteiger partial charge < -0.3 is 5.32 Å². The van der Waals surface area contributed by atoms with Gasteiger partial charge in [0.1, 0.15) is 5.38 Å². The van der Waals surface area contributed by atoms with Gasteiger partial charge in [-0.1, -0.05) is 22.9 Å². The standard InChI is InChI=1S/C11H10Cl2N2OS/c1-5-3-9-8(4-7(5)13)14-11(17-9)15-10(16)6(2)12/h3-4,6H,1-2H3,(H,14,15,16)/t6-/m0/s1. The van der Waals surface area contributed by atoms with E-state index in [4.69, 9.17) is 23.2 Å². The molecule has 0 fully saturated rings. The number of amides is 1. The molecule has 90 valence electrons. The predicted octanol–water partition coefficient (Wildman–Crippen LogP) is 3.82. The Bertz CT molecular complexity index is 541. The number of anilines is 1. The smallest absolute Gasteiger partial charge is 0.243 e. The first-order chi connectivity index (χ1) is 7.97. The number of aromatic nitrogens is 1. The van der Waals surface area contributed by atoms with E-state index < -0.39 is 5.38 Å². The summed E-state index contributed by atoms with van der Waals surface area (Å²) in [4.78, 5) is 15.7. The number of nitrogens with one attached hydrogen (secondary N) is 1. The number of thiazole rings is 1. The average Bonchev–Trinajstić information content (AvgIpc) is 2.60. The minimum Gasteiger partial charge on any atom is -0.301 e. The molecule has 2 rings (SSSR count). The maximum absolute atomic E-state index is 11.4. The van der Waals surface area contributed by atoms with Crippen molar-refractivity contribution in [2.75, 3.05) is 5.32 Å². The van der Waals surface area contributed by atoms with Gasteiger partial charge in [0.25, 0.3) is 0 Å². The van der Waals surface area contributed by atoms with Crippen molar-refractivity contribution in [2.24, 2.45) is 0 Å². The zero-order chi connectivity index (χ0) is 12.6. The summed E-state index contributed by atoms with van der Waals surface area (Å²) in [5.74, 6) is -0.256. The average molecular weight is 289 g/mol. The molecule has 0 unspecified atom stereocenters. The predicted molar refractivity (Wildman–Crippen MR) is 73.3 cm³/mol. The number of alkyl halides is 1. The zero-order valence-corrected chi connectivity index (χ0v) is 11.6. The summed E-state index contributed by atoms with van der Waals surface area (Å²) in [6, 6.07) is 3.75. The van der Waals surface area contributed by atoms with Crippen LogP contribution < -0.4 is 5.32 Å². The SMILES string of the molecule is Cc1cc2sc(NC(=O)[C@H](C)Cl)nc2cc1Cl. The summed E-state index contributed by atoms with van der Waals surface area (Å²) in [5.41, 5.74) is 1.77. The van der Waals surface area contributed by atoms with E-state index in [-0.39, 0.29) is 5.91 Å². The zero-order valence-electron chi connectivity index (χ0n) is 9.25. The largest absolute Gasteiger partial charge is 0.301 e. The van der Waals surface area contributed by atoms with Gasteiger partial charge in [-0.2, -0.15) is 0 Å². The molecule has 0 bridgehead atoms. The Labute approximate surface area is 113 Å². The van der Waals surface area contributed by atoms with Crippen LogP contribution in [0.4, 0.5) is 5.13 Å². The minimum atomic E-state index is -0.577. The van der Waals surface area contributed by atoms with Gasteiger partial charge in [0, 0.05) is 5.02 Å². The summed E-state index contributed by atoms with van der Waals surface area (Å²) in [7, 11) is 0. The Kier molecular flexibility index (Phi) is 3.56. The highest BCUT2D eigenvalue weighted by Gasteiger charge is 2.12. The molecule has 0 aliphatic carbocycles. The van der Waals surface area contributed by atoms with Crippen molar-refractivity contribution >= 4 is 55.8 Å². The molecular formula is C11H10Cl2N2OS. The van der Waals surface area contributed by atoms with E-state index in [0.29, 0.717) is 10.2 Å². The summed E-state index contributed by atoms with van der Waals surface area (Å²) in [6.45, 7) is 3.55. The molecule has 0 spiro atoms. The van der Waals surface area contributed by atoms with Crippen LogP contribution in [0.25, 0.3) is 10.2 Å². The van der Waals surface area contributed by atoms with Crippen LogP contribution in [-0.2, 0) is 4.79 Å². The number of benzene rings is 1. The van der Waals surface area contributed by atoms with E-state index in [2.05, 4.69) is 10.3 Å². The lowest BCUT2D eigenvalue weighted by Crippen LogP contribution is -2.19. The summed E-state index contributed by atoms with van der Waals surface area (Å²) < 4.78 is 0.990. The Balaban J connectivity index is 2.35. The fourth-order valence-corrected chi connectivity index (χ4v) is 2.47. The van der Waals surface area contributed by atoms with Gasteiger partial charge in [-0.25, -0.2) is 4.98 Å². The Morgan fingerprint density at radius 2 is 2.24 bits per heavy atom. The van der Waals surface area contributed by atoms with Crippen molar-refractivity contribution in [2.45, 2.75) is 19.2 Å². The van der Waals surface area contributed by atoms with E-state index in [9.17, 15) is 4.79 Å². The highest BCUT2D eigenvalue weighted by Crippen LogP contribution is 2.30. The third kappa shape index (κ3) is 2.70. The molecule has 1 atom stereocenters. The maximum Gasteiger partial charge on any atom is 0.243 e. The molecular weight excluding hydrogens is 279 g/mol. The number of rotatable bonds is 2. The van der Waals surface area contributed by atoms with Crippen LogP contribution in [0.3, 0.4) is 0 Å². The molecule has 0 radical (unpaired) electrons. The molecule has 1 N–H and O–H groups in total. The van der Waals surface area contributed by atoms with Crippen molar-refractivity contribution in [1.82, 2.24) is 4.98 Å². The van der Waals surface area contributed by atoms with Crippen LogP contribution >= 0.6 is 34.5 Å². The molecule has 1 aromatic carbocycles. The molecule has 2 aromatic rings. The quantitative estimate of drug-likeness (QED) is 0.854. The fraction of sp³-hybridized carbons (Fsp3) is 0.273. The van der Waals surface area contributed by atoms with Crippen molar-refractivity contribution in [3.05, 3.63) is 22.7 Å².